The van der Waals surface area contributed by atoms with Crippen LogP contribution in [-0.4, -0.2) is 20.7 Å². The number of amides is 1. The van der Waals surface area contributed by atoms with Gasteiger partial charge in [0.1, 0.15) is 0 Å². The van der Waals surface area contributed by atoms with E-state index in [-0.39, 0.29) is 5.91 Å². The number of pyridine rings is 1. The van der Waals surface area contributed by atoms with E-state index in [9.17, 15) is 4.79 Å². The van der Waals surface area contributed by atoms with Crippen molar-refractivity contribution in [2.24, 2.45) is 0 Å². The van der Waals surface area contributed by atoms with Crippen LogP contribution in [0.2, 0.25) is 0 Å². The molecule has 0 spiro atoms. The highest BCUT2D eigenvalue weighted by Crippen LogP contribution is 2.26. The summed E-state index contributed by atoms with van der Waals surface area (Å²) in [7, 11) is 0. The second-order valence-corrected chi connectivity index (χ2v) is 6.39. The first-order valence-electron chi connectivity index (χ1n) is 8.96. The summed E-state index contributed by atoms with van der Waals surface area (Å²) in [6, 6.07) is 19.5. The quantitative estimate of drug-likeness (QED) is 0.577. The van der Waals surface area contributed by atoms with Crippen molar-refractivity contribution in [3.05, 3.63) is 78.0 Å². The van der Waals surface area contributed by atoms with Crippen LogP contribution in [0.4, 0.5) is 5.69 Å². The Balaban J connectivity index is 1.84. The number of hydrogen-bond donors (Lipinski definition) is 1. The molecule has 4 aromatic rings. The molecule has 2 aromatic heterocycles. The van der Waals surface area contributed by atoms with Crippen LogP contribution in [0.15, 0.2) is 66.9 Å². The van der Waals surface area contributed by atoms with Crippen molar-refractivity contribution in [2.45, 2.75) is 20.4 Å². The maximum atomic E-state index is 13.1. The van der Waals surface area contributed by atoms with Crippen LogP contribution in [0.5, 0.6) is 0 Å². The van der Waals surface area contributed by atoms with Gasteiger partial charge in [-0.2, -0.15) is 5.10 Å². The van der Waals surface area contributed by atoms with Crippen LogP contribution in [0.1, 0.15) is 22.8 Å². The highest BCUT2D eigenvalue weighted by Gasteiger charge is 2.17. The van der Waals surface area contributed by atoms with E-state index < -0.39 is 0 Å². The molecule has 27 heavy (non-hydrogen) atoms. The SMILES string of the molecule is CCn1ncc2c(C(=O)Nc3ccccc3C)cc(-c3ccccc3)nc21. The molecule has 0 fully saturated rings. The Labute approximate surface area is 157 Å². The number of aryl methyl sites for hydroxylation is 2. The van der Waals surface area contributed by atoms with Crippen LogP contribution >= 0.6 is 0 Å². The normalized spacial score (nSPS) is 10.9. The highest BCUT2D eigenvalue weighted by molar-refractivity contribution is 6.12. The molecule has 0 aliphatic heterocycles. The number of carbonyl (C=O) groups excluding carboxylic acids is 1. The Kier molecular flexibility index (Phi) is 4.42. The van der Waals surface area contributed by atoms with Crippen molar-refractivity contribution < 1.29 is 4.79 Å². The van der Waals surface area contributed by atoms with Crippen molar-refractivity contribution in [1.82, 2.24) is 14.8 Å². The molecule has 0 atom stereocenters. The predicted octanol–water partition coefficient (Wildman–Crippen LogP) is 4.68. The van der Waals surface area contributed by atoms with Crippen LogP contribution in [0.25, 0.3) is 22.3 Å². The first-order valence-corrected chi connectivity index (χ1v) is 8.96. The van der Waals surface area contributed by atoms with Crippen molar-refractivity contribution in [3.63, 3.8) is 0 Å². The standard InChI is InChI=1S/C22H20N4O/c1-3-26-21-18(14-23-26)17(13-20(24-21)16-10-5-4-6-11-16)22(27)25-19-12-8-7-9-15(19)2/h4-14H,3H2,1-2H3,(H,25,27). The number of nitrogens with one attached hydrogen (secondary N) is 1. The average molecular weight is 356 g/mol. The lowest BCUT2D eigenvalue weighted by molar-refractivity contribution is 0.102. The van der Waals surface area contributed by atoms with Gasteiger partial charge in [0.05, 0.1) is 22.8 Å². The molecule has 0 saturated carbocycles. The smallest absolute Gasteiger partial charge is 0.256 e. The summed E-state index contributed by atoms with van der Waals surface area (Å²) in [5.41, 5.74) is 4.83. The maximum Gasteiger partial charge on any atom is 0.256 e. The van der Waals surface area contributed by atoms with Crippen molar-refractivity contribution in [2.75, 3.05) is 5.32 Å². The average Bonchev–Trinajstić information content (AvgIpc) is 3.12. The van der Waals surface area contributed by atoms with Gasteiger partial charge in [-0.1, -0.05) is 48.5 Å². The van der Waals surface area contributed by atoms with Gasteiger partial charge < -0.3 is 5.32 Å². The van der Waals surface area contributed by atoms with E-state index in [1.165, 1.54) is 0 Å². The van der Waals surface area contributed by atoms with Crippen molar-refractivity contribution in [3.8, 4) is 11.3 Å². The summed E-state index contributed by atoms with van der Waals surface area (Å²) in [6.45, 7) is 4.67. The van der Waals surface area contributed by atoms with E-state index in [2.05, 4.69) is 10.4 Å². The van der Waals surface area contributed by atoms with Gasteiger partial charge in [0.2, 0.25) is 0 Å². The molecule has 0 radical (unpaired) electrons. The Bertz CT molecular complexity index is 1120. The number of carbonyl (C=O) groups is 1. The fourth-order valence-electron chi connectivity index (χ4n) is 3.13. The third-order valence-electron chi connectivity index (χ3n) is 4.62. The highest BCUT2D eigenvalue weighted by atomic mass is 16.1. The number of benzene rings is 2. The third kappa shape index (κ3) is 3.19. The summed E-state index contributed by atoms with van der Waals surface area (Å²) >= 11 is 0. The summed E-state index contributed by atoms with van der Waals surface area (Å²) in [5.74, 6) is -0.162. The van der Waals surface area contributed by atoms with E-state index in [0.717, 1.165) is 27.9 Å². The third-order valence-corrected chi connectivity index (χ3v) is 4.62. The monoisotopic (exact) mass is 356 g/mol. The summed E-state index contributed by atoms with van der Waals surface area (Å²) < 4.78 is 1.81. The number of anilines is 1. The lowest BCUT2D eigenvalue weighted by atomic mass is 10.1. The Hall–Kier alpha value is -3.47. The first-order chi connectivity index (χ1) is 13.2. The number of para-hydroxylation sites is 1. The largest absolute Gasteiger partial charge is 0.322 e. The Morgan fingerprint density at radius 2 is 1.81 bits per heavy atom. The van der Waals surface area contributed by atoms with Crippen LogP contribution in [-0.2, 0) is 6.54 Å². The fraction of sp³-hybridized carbons (Fsp3) is 0.136. The Morgan fingerprint density at radius 3 is 2.56 bits per heavy atom. The van der Waals surface area contributed by atoms with Gasteiger partial charge in [0.15, 0.2) is 5.65 Å². The number of fused-ring (bicyclic) bond motifs is 1. The molecule has 2 heterocycles. The molecular weight excluding hydrogens is 336 g/mol. The molecule has 5 heteroatoms. The molecule has 5 nitrogen and oxygen atoms in total. The second kappa shape index (κ2) is 7.03. The van der Waals surface area contributed by atoms with Crippen molar-refractivity contribution in [1.29, 1.82) is 0 Å². The maximum absolute atomic E-state index is 13.1. The van der Waals surface area contributed by atoms with Gasteiger partial charge in [-0.05, 0) is 31.5 Å². The Morgan fingerprint density at radius 1 is 1.07 bits per heavy atom. The zero-order valence-electron chi connectivity index (χ0n) is 15.3. The fourth-order valence-corrected chi connectivity index (χ4v) is 3.13. The van der Waals surface area contributed by atoms with Gasteiger partial charge in [-0.3, -0.25) is 4.79 Å². The molecule has 0 unspecified atom stereocenters. The van der Waals surface area contributed by atoms with Gasteiger partial charge >= 0.3 is 0 Å². The second-order valence-electron chi connectivity index (χ2n) is 6.39. The minimum Gasteiger partial charge on any atom is -0.322 e. The van der Waals surface area contributed by atoms with Gasteiger partial charge in [0, 0.05) is 17.8 Å². The zero-order valence-corrected chi connectivity index (χ0v) is 15.3. The topological polar surface area (TPSA) is 59.8 Å². The molecule has 0 bridgehead atoms. The molecule has 4 rings (SSSR count). The van der Waals surface area contributed by atoms with Gasteiger partial charge in [0.25, 0.3) is 5.91 Å². The van der Waals surface area contributed by atoms with Gasteiger partial charge in [-0.15, -0.1) is 0 Å². The number of aromatic nitrogens is 3. The van der Waals surface area contributed by atoms with E-state index in [1.54, 1.807) is 6.20 Å². The molecule has 134 valence electrons. The molecule has 0 aliphatic rings. The molecule has 0 aliphatic carbocycles. The minimum atomic E-state index is -0.162. The first kappa shape index (κ1) is 17.0. The summed E-state index contributed by atoms with van der Waals surface area (Å²) in [4.78, 5) is 17.8. The predicted molar refractivity (Wildman–Crippen MR) is 108 cm³/mol. The van der Waals surface area contributed by atoms with E-state index in [1.807, 2.05) is 79.2 Å². The lowest BCUT2D eigenvalue weighted by Gasteiger charge is -2.11. The number of hydrogen-bond acceptors (Lipinski definition) is 3. The van der Waals surface area contributed by atoms with Gasteiger partial charge in [-0.25, -0.2) is 9.67 Å². The van der Waals surface area contributed by atoms with E-state index in [4.69, 9.17) is 4.98 Å². The molecule has 1 N–H and O–H groups in total. The summed E-state index contributed by atoms with van der Waals surface area (Å²) in [6.07, 6.45) is 1.72. The van der Waals surface area contributed by atoms with Crippen LogP contribution < -0.4 is 5.32 Å². The van der Waals surface area contributed by atoms with Crippen molar-refractivity contribution >= 4 is 22.6 Å². The van der Waals surface area contributed by atoms with E-state index >= 15 is 0 Å². The molecule has 2 aromatic carbocycles. The van der Waals surface area contributed by atoms with Crippen LogP contribution in [0.3, 0.4) is 0 Å². The van der Waals surface area contributed by atoms with Crippen LogP contribution in [0, 0.1) is 6.92 Å². The summed E-state index contributed by atoms with van der Waals surface area (Å²) in [5, 5.41) is 8.16. The van der Waals surface area contributed by atoms with E-state index in [0.29, 0.717) is 17.8 Å². The number of nitrogens with zero attached hydrogens (tertiary/aromatic N) is 3. The zero-order chi connectivity index (χ0) is 18.8. The minimum absolute atomic E-state index is 0.162. The molecule has 0 saturated heterocycles. The molecular formula is C22H20N4O. The molecule has 1 amide bonds. The number of rotatable bonds is 4. The lowest BCUT2D eigenvalue weighted by Crippen LogP contribution is -2.14.